The number of fused-ring (bicyclic) bond motifs is 1. The van der Waals surface area contributed by atoms with E-state index in [4.69, 9.17) is 11.6 Å². The Morgan fingerprint density at radius 2 is 2.05 bits per heavy atom. The molecule has 0 aromatic carbocycles. The van der Waals surface area contributed by atoms with Crippen molar-refractivity contribution in [3.8, 4) is 0 Å². The van der Waals surface area contributed by atoms with Gasteiger partial charge in [0.05, 0.1) is 5.39 Å². The minimum absolute atomic E-state index is 0.310. The summed E-state index contributed by atoms with van der Waals surface area (Å²) in [7, 11) is 0. The van der Waals surface area contributed by atoms with Gasteiger partial charge in [-0.05, 0) is 54.2 Å². The number of hydrogen-bond acceptors (Lipinski definition) is 3. The quantitative estimate of drug-likeness (QED) is 0.630. The molecule has 0 bridgehead atoms. The van der Waals surface area contributed by atoms with E-state index in [0.29, 0.717) is 23.7 Å². The molecule has 102 valence electrons. The second kappa shape index (κ2) is 5.54. The number of aromatic nitrogens is 3. The normalized spacial score (nSPS) is 23.9. The van der Waals surface area contributed by atoms with Crippen LogP contribution in [0.4, 0.5) is 0 Å². The van der Waals surface area contributed by atoms with Crippen molar-refractivity contribution in [1.29, 1.82) is 0 Å². The topological polar surface area (TPSA) is 50.9 Å². The van der Waals surface area contributed by atoms with Gasteiger partial charge in [-0.1, -0.05) is 11.6 Å². The highest BCUT2D eigenvalue weighted by molar-refractivity contribution is 14.1. The Labute approximate surface area is 130 Å². The third-order valence-electron chi connectivity index (χ3n) is 3.98. The number of hydrogen-bond donors (Lipinski definition) is 1. The summed E-state index contributed by atoms with van der Waals surface area (Å²) in [5, 5.41) is 10.7. The molecule has 1 N–H and O–H groups in total. The van der Waals surface area contributed by atoms with Crippen LogP contribution >= 0.6 is 34.2 Å². The third kappa shape index (κ3) is 2.48. The van der Waals surface area contributed by atoms with E-state index in [1.54, 1.807) is 0 Å². The molecule has 2 aromatic heterocycles. The van der Waals surface area contributed by atoms with E-state index < -0.39 is 0 Å². The van der Waals surface area contributed by atoms with E-state index in [0.717, 1.165) is 40.3 Å². The zero-order valence-corrected chi connectivity index (χ0v) is 13.3. The van der Waals surface area contributed by atoms with Crippen LogP contribution < -0.4 is 0 Å². The average Bonchev–Trinajstić information content (AvgIpc) is 2.78. The van der Waals surface area contributed by atoms with Crippen LogP contribution in [0.25, 0.3) is 11.0 Å². The SMILES string of the molecule is OC[C@H]1CC[C@H](n2cc(I)c3c(Cl)ncnc32)CC1. The molecule has 6 heteroatoms. The molecule has 0 aliphatic heterocycles. The van der Waals surface area contributed by atoms with E-state index in [1.165, 1.54) is 6.33 Å². The second-order valence-corrected chi connectivity index (χ2v) is 6.62. The summed E-state index contributed by atoms with van der Waals surface area (Å²) in [6.07, 6.45) is 7.98. The van der Waals surface area contributed by atoms with Gasteiger partial charge >= 0.3 is 0 Å². The molecule has 19 heavy (non-hydrogen) atoms. The molecule has 1 saturated carbocycles. The molecule has 1 aliphatic carbocycles. The first-order valence-corrected chi connectivity index (χ1v) is 7.93. The first-order valence-electron chi connectivity index (χ1n) is 6.48. The maximum atomic E-state index is 9.21. The molecular weight excluding hydrogens is 377 g/mol. The Bertz CT molecular complexity index is 593. The molecule has 0 amide bonds. The molecular formula is C13H15ClIN3O. The van der Waals surface area contributed by atoms with Gasteiger partial charge < -0.3 is 9.67 Å². The zero-order valence-electron chi connectivity index (χ0n) is 10.4. The number of halogens is 2. The largest absolute Gasteiger partial charge is 0.396 e. The highest BCUT2D eigenvalue weighted by Gasteiger charge is 2.24. The van der Waals surface area contributed by atoms with Crippen molar-refractivity contribution in [2.45, 2.75) is 31.7 Å². The lowest BCUT2D eigenvalue weighted by molar-refractivity contribution is 0.170. The predicted molar refractivity (Wildman–Crippen MR) is 83.3 cm³/mol. The lowest BCUT2D eigenvalue weighted by Crippen LogP contribution is -2.19. The molecule has 3 rings (SSSR count). The summed E-state index contributed by atoms with van der Waals surface area (Å²) >= 11 is 8.44. The zero-order chi connectivity index (χ0) is 13.4. The highest BCUT2D eigenvalue weighted by Crippen LogP contribution is 2.36. The van der Waals surface area contributed by atoms with Gasteiger partial charge in [-0.2, -0.15) is 0 Å². The predicted octanol–water partition coefficient (Wildman–Crippen LogP) is 3.41. The molecule has 0 radical (unpaired) electrons. The Hall–Kier alpha value is -0.400. The molecule has 4 nitrogen and oxygen atoms in total. The smallest absolute Gasteiger partial charge is 0.146 e. The monoisotopic (exact) mass is 391 g/mol. The first kappa shape index (κ1) is 13.6. The van der Waals surface area contributed by atoms with E-state index in [2.05, 4.69) is 43.3 Å². The molecule has 1 fully saturated rings. The van der Waals surface area contributed by atoms with Gasteiger partial charge in [0.25, 0.3) is 0 Å². The minimum Gasteiger partial charge on any atom is -0.396 e. The molecule has 2 aromatic rings. The first-order chi connectivity index (χ1) is 9.20. The summed E-state index contributed by atoms with van der Waals surface area (Å²) in [6.45, 7) is 0.310. The lowest BCUT2D eigenvalue weighted by atomic mass is 9.86. The van der Waals surface area contributed by atoms with E-state index in [9.17, 15) is 5.11 Å². The molecule has 0 unspecified atom stereocenters. The Kier molecular flexibility index (Phi) is 3.96. The van der Waals surface area contributed by atoms with Crippen LogP contribution in [0.15, 0.2) is 12.5 Å². The number of aliphatic hydroxyl groups is 1. The van der Waals surface area contributed by atoms with Crippen LogP contribution in [-0.2, 0) is 0 Å². The summed E-state index contributed by atoms with van der Waals surface area (Å²) in [4.78, 5) is 8.45. The molecule has 2 heterocycles. The third-order valence-corrected chi connectivity index (χ3v) is 5.09. The summed E-state index contributed by atoms with van der Waals surface area (Å²) < 4.78 is 3.33. The van der Waals surface area contributed by atoms with Gasteiger partial charge in [-0.3, -0.25) is 0 Å². The Morgan fingerprint density at radius 1 is 1.32 bits per heavy atom. The van der Waals surface area contributed by atoms with Crippen LogP contribution in [0.2, 0.25) is 5.15 Å². The molecule has 1 aliphatic rings. The van der Waals surface area contributed by atoms with E-state index in [1.807, 2.05) is 0 Å². The van der Waals surface area contributed by atoms with Gasteiger partial charge in [-0.15, -0.1) is 0 Å². The fraction of sp³-hybridized carbons (Fsp3) is 0.538. The van der Waals surface area contributed by atoms with Gasteiger partial charge in [0.15, 0.2) is 0 Å². The van der Waals surface area contributed by atoms with Crippen LogP contribution in [0.3, 0.4) is 0 Å². The van der Waals surface area contributed by atoms with Crippen molar-refractivity contribution in [3.05, 3.63) is 21.2 Å². The van der Waals surface area contributed by atoms with Crippen LogP contribution in [0, 0.1) is 9.49 Å². The lowest BCUT2D eigenvalue weighted by Gasteiger charge is -2.28. The maximum Gasteiger partial charge on any atom is 0.146 e. The van der Waals surface area contributed by atoms with Crippen LogP contribution in [-0.4, -0.2) is 26.2 Å². The van der Waals surface area contributed by atoms with Gasteiger partial charge in [0.2, 0.25) is 0 Å². The average molecular weight is 392 g/mol. The molecule has 0 atom stereocenters. The van der Waals surface area contributed by atoms with Crippen molar-refractivity contribution in [3.63, 3.8) is 0 Å². The number of aliphatic hydroxyl groups excluding tert-OH is 1. The van der Waals surface area contributed by atoms with Crippen molar-refractivity contribution in [2.75, 3.05) is 6.61 Å². The fourth-order valence-corrected chi connectivity index (χ4v) is 4.07. The number of rotatable bonds is 2. The van der Waals surface area contributed by atoms with Gasteiger partial charge in [0.1, 0.15) is 17.1 Å². The van der Waals surface area contributed by atoms with E-state index in [-0.39, 0.29) is 0 Å². The standard InChI is InChI=1S/C13H15ClIN3O/c14-12-11-10(15)5-18(13(11)17-7-16-12)9-3-1-8(6-19)2-4-9/h5,7-9,19H,1-4,6H2/t8-,9-. The van der Waals surface area contributed by atoms with Crippen molar-refractivity contribution in [1.82, 2.24) is 14.5 Å². The van der Waals surface area contributed by atoms with Crippen molar-refractivity contribution < 1.29 is 5.11 Å². The Balaban J connectivity index is 1.96. The minimum atomic E-state index is 0.310. The summed E-state index contributed by atoms with van der Waals surface area (Å²) in [6, 6.07) is 0.458. The maximum absolute atomic E-state index is 9.21. The summed E-state index contributed by atoms with van der Waals surface area (Å²) in [5.41, 5.74) is 0.928. The Morgan fingerprint density at radius 3 is 2.74 bits per heavy atom. The molecule has 0 spiro atoms. The summed E-state index contributed by atoms with van der Waals surface area (Å²) in [5.74, 6) is 0.468. The van der Waals surface area contributed by atoms with Crippen molar-refractivity contribution in [2.24, 2.45) is 5.92 Å². The number of nitrogens with zero attached hydrogens (tertiary/aromatic N) is 3. The van der Waals surface area contributed by atoms with Crippen LogP contribution in [0.5, 0.6) is 0 Å². The second-order valence-electron chi connectivity index (χ2n) is 5.10. The van der Waals surface area contributed by atoms with Crippen LogP contribution in [0.1, 0.15) is 31.7 Å². The van der Waals surface area contributed by atoms with Gasteiger partial charge in [0, 0.05) is 22.4 Å². The van der Waals surface area contributed by atoms with Gasteiger partial charge in [-0.25, -0.2) is 9.97 Å². The highest BCUT2D eigenvalue weighted by atomic mass is 127. The molecule has 0 saturated heterocycles. The fourth-order valence-electron chi connectivity index (χ4n) is 2.89. The van der Waals surface area contributed by atoms with E-state index >= 15 is 0 Å². The van der Waals surface area contributed by atoms with Crippen molar-refractivity contribution >= 4 is 45.2 Å².